The van der Waals surface area contributed by atoms with Gasteiger partial charge in [-0.05, 0) is 25.0 Å². The number of aliphatic hydroxyl groups is 1. The first-order valence-electron chi connectivity index (χ1n) is 6.66. The number of rotatable bonds is 7. The summed E-state index contributed by atoms with van der Waals surface area (Å²) in [5, 5.41) is 8.90. The topological polar surface area (TPSA) is 83.6 Å². The van der Waals surface area contributed by atoms with Gasteiger partial charge in [0, 0.05) is 12.6 Å². The Labute approximate surface area is 129 Å². The maximum absolute atomic E-state index is 13.3. The molecule has 0 bridgehead atoms. The Morgan fingerprint density at radius 3 is 2.43 bits per heavy atom. The number of aliphatic hydroxyl groups excluding tert-OH is 1. The summed E-state index contributed by atoms with van der Waals surface area (Å²) in [7, 11) is -3.96. The lowest BCUT2D eigenvalue weighted by molar-refractivity contribution is 0.219. The number of hydrogen-bond donors (Lipinski definition) is 2. The molecule has 0 fully saturated rings. The minimum Gasteiger partial charge on any atom is -0.396 e. The van der Waals surface area contributed by atoms with E-state index in [-0.39, 0.29) is 34.8 Å². The minimum absolute atomic E-state index is 0.0533. The van der Waals surface area contributed by atoms with Crippen LogP contribution in [-0.2, 0) is 10.0 Å². The van der Waals surface area contributed by atoms with Crippen molar-refractivity contribution in [2.24, 2.45) is 0 Å². The van der Waals surface area contributed by atoms with E-state index in [1.807, 2.05) is 13.8 Å². The molecule has 0 unspecified atom stereocenters. The number of nitrogen functional groups attached to an aromatic ring is 1. The zero-order valence-corrected chi connectivity index (χ0v) is 13.6. The van der Waals surface area contributed by atoms with Gasteiger partial charge in [-0.3, -0.25) is 0 Å². The van der Waals surface area contributed by atoms with Gasteiger partial charge in [0.05, 0.1) is 17.3 Å². The van der Waals surface area contributed by atoms with Crippen molar-refractivity contribution >= 4 is 27.3 Å². The molecule has 8 heteroatoms. The predicted octanol–water partition coefficient (Wildman–Crippen LogP) is 2.23. The molecule has 5 nitrogen and oxygen atoms in total. The molecule has 3 N–H and O–H groups in total. The van der Waals surface area contributed by atoms with Gasteiger partial charge in [0.25, 0.3) is 0 Å². The standard InChI is InChI=1S/C13H20ClFN2O3S/c1-3-9(4-2)17(5-6-18)21(19,20)13-8-12(16)11(15)7-10(13)14/h7-9,18H,3-6,16H2,1-2H3. The number of anilines is 1. The minimum atomic E-state index is -3.96. The first-order chi connectivity index (χ1) is 9.79. The maximum atomic E-state index is 13.3. The monoisotopic (exact) mass is 338 g/mol. The van der Waals surface area contributed by atoms with E-state index in [4.69, 9.17) is 22.4 Å². The van der Waals surface area contributed by atoms with Crippen LogP contribution in [-0.4, -0.2) is 37.0 Å². The molecule has 0 saturated heterocycles. The van der Waals surface area contributed by atoms with E-state index >= 15 is 0 Å². The molecule has 1 aromatic carbocycles. The first kappa shape index (κ1) is 18.2. The molecule has 120 valence electrons. The molecule has 0 atom stereocenters. The second kappa shape index (κ2) is 7.40. The number of nitrogens with zero attached hydrogens (tertiary/aromatic N) is 1. The summed E-state index contributed by atoms with van der Waals surface area (Å²) in [4.78, 5) is -0.247. The molecule has 0 radical (unpaired) electrons. The van der Waals surface area contributed by atoms with Crippen molar-refractivity contribution in [3.8, 4) is 0 Å². The summed E-state index contributed by atoms with van der Waals surface area (Å²) in [6.45, 7) is 3.34. The summed E-state index contributed by atoms with van der Waals surface area (Å²) in [5.74, 6) is -0.768. The van der Waals surface area contributed by atoms with Crippen molar-refractivity contribution in [3.05, 3.63) is 23.0 Å². The van der Waals surface area contributed by atoms with Gasteiger partial charge in [0.15, 0.2) is 0 Å². The molecule has 0 saturated carbocycles. The van der Waals surface area contributed by atoms with Gasteiger partial charge in [0.2, 0.25) is 10.0 Å². The lowest BCUT2D eigenvalue weighted by Crippen LogP contribution is -2.41. The molecular formula is C13H20ClFN2O3S. The van der Waals surface area contributed by atoms with Crippen LogP contribution in [0.4, 0.5) is 10.1 Å². The molecule has 0 amide bonds. The predicted molar refractivity (Wildman–Crippen MR) is 81.2 cm³/mol. The molecule has 0 heterocycles. The zero-order valence-electron chi connectivity index (χ0n) is 12.0. The van der Waals surface area contributed by atoms with Crippen molar-refractivity contribution in [2.75, 3.05) is 18.9 Å². The summed E-state index contributed by atoms with van der Waals surface area (Å²) in [5.41, 5.74) is 5.15. The van der Waals surface area contributed by atoms with Gasteiger partial charge >= 0.3 is 0 Å². The Balaban J connectivity index is 3.38. The van der Waals surface area contributed by atoms with Gasteiger partial charge in [-0.2, -0.15) is 4.31 Å². The second-order valence-corrected chi connectivity index (χ2v) is 6.88. The highest BCUT2D eigenvalue weighted by molar-refractivity contribution is 7.89. The van der Waals surface area contributed by atoms with Crippen LogP contribution in [0.3, 0.4) is 0 Å². The third-order valence-corrected chi connectivity index (χ3v) is 5.72. The number of nitrogens with two attached hydrogens (primary N) is 1. The highest BCUT2D eigenvalue weighted by Crippen LogP contribution is 2.30. The Kier molecular flexibility index (Phi) is 6.40. The van der Waals surface area contributed by atoms with E-state index in [9.17, 15) is 12.8 Å². The van der Waals surface area contributed by atoms with E-state index in [0.717, 1.165) is 12.1 Å². The first-order valence-corrected chi connectivity index (χ1v) is 8.48. The molecule has 1 aromatic rings. The van der Waals surface area contributed by atoms with Crippen molar-refractivity contribution < 1.29 is 17.9 Å². The smallest absolute Gasteiger partial charge is 0.244 e. The summed E-state index contributed by atoms with van der Waals surface area (Å²) < 4.78 is 40.0. The van der Waals surface area contributed by atoms with Crippen LogP contribution in [0.25, 0.3) is 0 Å². The molecule has 0 spiro atoms. The quantitative estimate of drug-likeness (QED) is 0.747. The zero-order chi connectivity index (χ0) is 16.2. The average molecular weight is 339 g/mol. The van der Waals surface area contributed by atoms with E-state index in [1.165, 1.54) is 4.31 Å². The molecular weight excluding hydrogens is 319 g/mol. The molecule has 21 heavy (non-hydrogen) atoms. The van der Waals surface area contributed by atoms with Crippen LogP contribution >= 0.6 is 11.6 Å². The average Bonchev–Trinajstić information content (AvgIpc) is 2.43. The van der Waals surface area contributed by atoms with E-state index in [0.29, 0.717) is 12.8 Å². The number of sulfonamides is 1. The van der Waals surface area contributed by atoms with Crippen molar-refractivity contribution in [3.63, 3.8) is 0 Å². The van der Waals surface area contributed by atoms with Gasteiger partial charge in [-0.15, -0.1) is 0 Å². The fourth-order valence-corrected chi connectivity index (χ4v) is 4.45. The Hall–Kier alpha value is -0.890. The molecule has 1 rings (SSSR count). The van der Waals surface area contributed by atoms with E-state index in [1.54, 1.807) is 0 Å². The second-order valence-electron chi connectivity index (χ2n) is 4.61. The third kappa shape index (κ3) is 3.85. The van der Waals surface area contributed by atoms with Crippen molar-refractivity contribution in [2.45, 2.75) is 37.6 Å². The van der Waals surface area contributed by atoms with Crippen LogP contribution in [0.1, 0.15) is 26.7 Å². The Morgan fingerprint density at radius 2 is 1.95 bits per heavy atom. The van der Waals surface area contributed by atoms with Gasteiger partial charge in [-0.25, -0.2) is 12.8 Å². The van der Waals surface area contributed by atoms with Crippen LogP contribution in [0.5, 0.6) is 0 Å². The number of halogens is 2. The highest BCUT2D eigenvalue weighted by atomic mass is 35.5. The van der Waals surface area contributed by atoms with Crippen LogP contribution in [0.15, 0.2) is 17.0 Å². The largest absolute Gasteiger partial charge is 0.396 e. The maximum Gasteiger partial charge on any atom is 0.244 e. The summed E-state index contributed by atoms with van der Waals surface area (Å²) in [6, 6.07) is 1.62. The Morgan fingerprint density at radius 1 is 1.38 bits per heavy atom. The lowest BCUT2D eigenvalue weighted by Gasteiger charge is -2.29. The summed E-state index contributed by atoms with van der Waals surface area (Å²) in [6.07, 6.45) is 1.17. The van der Waals surface area contributed by atoms with Crippen molar-refractivity contribution in [1.82, 2.24) is 4.31 Å². The van der Waals surface area contributed by atoms with E-state index in [2.05, 4.69) is 0 Å². The van der Waals surface area contributed by atoms with Crippen molar-refractivity contribution in [1.29, 1.82) is 0 Å². The highest BCUT2D eigenvalue weighted by Gasteiger charge is 2.31. The fourth-order valence-electron chi connectivity index (χ4n) is 2.16. The molecule has 0 aromatic heterocycles. The SMILES string of the molecule is CCC(CC)N(CCO)S(=O)(=O)c1cc(N)c(F)cc1Cl. The summed E-state index contributed by atoms with van der Waals surface area (Å²) >= 11 is 5.86. The normalized spacial score (nSPS) is 12.3. The van der Waals surface area contributed by atoms with Gasteiger partial charge < -0.3 is 10.8 Å². The van der Waals surface area contributed by atoms with Crippen LogP contribution in [0, 0.1) is 5.82 Å². The fraction of sp³-hybridized carbons (Fsp3) is 0.538. The molecule has 0 aliphatic heterocycles. The van der Waals surface area contributed by atoms with Crippen LogP contribution in [0.2, 0.25) is 5.02 Å². The molecule has 0 aliphatic rings. The van der Waals surface area contributed by atoms with Crippen LogP contribution < -0.4 is 5.73 Å². The lowest BCUT2D eigenvalue weighted by atomic mass is 10.2. The third-order valence-electron chi connectivity index (χ3n) is 3.31. The van der Waals surface area contributed by atoms with Gasteiger partial charge in [-0.1, -0.05) is 25.4 Å². The number of benzene rings is 1. The van der Waals surface area contributed by atoms with Gasteiger partial charge in [0.1, 0.15) is 10.7 Å². The number of hydrogen-bond acceptors (Lipinski definition) is 4. The molecule has 0 aliphatic carbocycles. The van der Waals surface area contributed by atoms with E-state index < -0.39 is 15.8 Å². The Bertz CT molecular complexity index is 591.